The van der Waals surface area contributed by atoms with Crippen LogP contribution in [0, 0.1) is 6.92 Å². The van der Waals surface area contributed by atoms with Crippen molar-refractivity contribution in [2.45, 2.75) is 32.2 Å². The second-order valence-corrected chi connectivity index (χ2v) is 6.42. The molecule has 1 atom stereocenters. The molecule has 3 rings (SSSR count). The molecule has 0 amide bonds. The molecule has 2 fully saturated rings. The molecule has 2 nitrogen and oxygen atoms in total. The van der Waals surface area contributed by atoms with E-state index in [1.165, 1.54) is 61.2 Å². The van der Waals surface area contributed by atoms with Gasteiger partial charge in [-0.05, 0) is 50.4 Å². The minimum atomic E-state index is 0.785. The number of benzene rings is 1. The molecule has 2 heterocycles. The van der Waals surface area contributed by atoms with Gasteiger partial charge in [-0.3, -0.25) is 4.90 Å². The zero-order valence-electron chi connectivity index (χ0n) is 11.0. The first kappa shape index (κ1) is 12.5. The topological polar surface area (TPSA) is 6.48 Å². The lowest BCUT2D eigenvalue weighted by Gasteiger charge is -2.27. The van der Waals surface area contributed by atoms with Crippen LogP contribution in [0.2, 0.25) is 0 Å². The highest BCUT2D eigenvalue weighted by Gasteiger charge is 2.28. The summed E-state index contributed by atoms with van der Waals surface area (Å²) in [7, 11) is 0. The lowest BCUT2D eigenvalue weighted by molar-refractivity contribution is 0.273. The smallest absolute Gasteiger partial charge is 0.0378 e. The van der Waals surface area contributed by atoms with Gasteiger partial charge in [-0.15, -0.1) is 0 Å². The van der Waals surface area contributed by atoms with Crippen molar-refractivity contribution in [3.8, 4) is 0 Å². The summed E-state index contributed by atoms with van der Waals surface area (Å²) in [4.78, 5) is 5.25. The van der Waals surface area contributed by atoms with E-state index in [4.69, 9.17) is 0 Å². The van der Waals surface area contributed by atoms with Crippen molar-refractivity contribution >= 4 is 21.6 Å². The number of rotatable bonds is 1. The van der Waals surface area contributed by atoms with Crippen molar-refractivity contribution in [3.63, 3.8) is 0 Å². The van der Waals surface area contributed by atoms with Gasteiger partial charge in [-0.25, -0.2) is 0 Å². The molecule has 0 aromatic heterocycles. The Hall–Kier alpha value is -0.540. The van der Waals surface area contributed by atoms with Gasteiger partial charge in [0.2, 0.25) is 0 Å². The van der Waals surface area contributed by atoms with Gasteiger partial charge in [-0.2, -0.15) is 0 Å². The van der Waals surface area contributed by atoms with E-state index in [2.05, 4.69) is 50.9 Å². The van der Waals surface area contributed by atoms with Crippen molar-refractivity contribution in [2.75, 3.05) is 31.1 Å². The zero-order valence-corrected chi connectivity index (χ0v) is 12.6. The molecule has 3 heteroatoms. The number of hydrogen-bond acceptors (Lipinski definition) is 2. The summed E-state index contributed by atoms with van der Waals surface area (Å²) in [6.45, 7) is 7.15. The third-order valence-corrected chi connectivity index (χ3v) is 5.18. The maximum atomic E-state index is 3.65. The van der Waals surface area contributed by atoms with E-state index < -0.39 is 0 Å². The van der Waals surface area contributed by atoms with E-state index in [0.29, 0.717) is 0 Å². The first-order valence-electron chi connectivity index (χ1n) is 6.99. The molecule has 18 heavy (non-hydrogen) atoms. The number of fused-ring (bicyclic) bond motifs is 1. The summed E-state index contributed by atoms with van der Waals surface area (Å²) in [5.41, 5.74) is 2.69. The summed E-state index contributed by atoms with van der Waals surface area (Å²) < 4.78 is 1.23. The van der Waals surface area contributed by atoms with Gasteiger partial charge in [0.15, 0.2) is 0 Å². The summed E-state index contributed by atoms with van der Waals surface area (Å²) in [5, 5.41) is 0. The van der Waals surface area contributed by atoms with E-state index in [0.717, 1.165) is 6.04 Å². The van der Waals surface area contributed by atoms with Crippen LogP contribution in [0.25, 0.3) is 0 Å². The Labute approximate surface area is 118 Å². The van der Waals surface area contributed by atoms with Crippen LogP contribution in [0.3, 0.4) is 0 Å². The van der Waals surface area contributed by atoms with Gasteiger partial charge in [-0.1, -0.05) is 22.0 Å². The van der Waals surface area contributed by atoms with Crippen LogP contribution >= 0.6 is 15.9 Å². The van der Waals surface area contributed by atoms with E-state index in [1.807, 2.05) is 0 Å². The van der Waals surface area contributed by atoms with Gasteiger partial charge in [0.25, 0.3) is 0 Å². The SMILES string of the molecule is Cc1ccc(N2CCCN3CCCC3C2)cc1Br. The van der Waals surface area contributed by atoms with Crippen LogP contribution in [-0.2, 0) is 0 Å². The Kier molecular flexibility index (Phi) is 3.62. The lowest BCUT2D eigenvalue weighted by atomic mass is 10.1. The molecule has 2 aliphatic heterocycles. The fourth-order valence-electron chi connectivity index (χ4n) is 3.22. The standard InChI is InChI=1S/C15H21BrN2/c1-12-5-6-13(10-15(12)16)18-9-3-8-17-7-2-4-14(17)11-18/h5-6,10,14H,2-4,7-9,11H2,1H3. The van der Waals surface area contributed by atoms with E-state index in [1.54, 1.807) is 0 Å². The Morgan fingerprint density at radius 1 is 1.17 bits per heavy atom. The molecule has 1 aromatic rings. The summed E-state index contributed by atoms with van der Waals surface area (Å²) >= 11 is 3.65. The summed E-state index contributed by atoms with van der Waals surface area (Å²) in [5.74, 6) is 0. The first-order chi connectivity index (χ1) is 8.74. The van der Waals surface area contributed by atoms with Crippen molar-refractivity contribution in [2.24, 2.45) is 0 Å². The molecule has 1 aromatic carbocycles. The number of aryl methyl sites for hydroxylation is 1. The lowest BCUT2D eigenvalue weighted by Crippen LogP contribution is -2.36. The molecular weight excluding hydrogens is 288 g/mol. The minimum absolute atomic E-state index is 0.785. The van der Waals surface area contributed by atoms with Crippen LogP contribution in [0.4, 0.5) is 5.69 Å². The monoisotopic (exact) mass is 308 g/mol. The molecule has 1 unspecified atom stereocenters. The average molecular weight is 309 g/mol. The quantitative estimate of drug-likeness (QED) is 0.784. The third kappa shape index (κ3) is 2.43. The minimum Gasteiger partial charge on any atom is -0.370 e. The molecule has 0 N–H and O–H groups in total. The van der Waals surface area contributed by atoms with Crippen molar-refractivity contribution in [3.05, 3.63) is 28.2 Å². The fourth-order valence-corrected chi connectivity index (χ4v) is 3.59. The molecule has 0 spiro atoms. The predicted molar refractivity (Wildman–Crippen MR) is 80.3 cm³/mol. The summed E-state index contributed by atoms with van der Waals surface area (Å²) in [6.07, 6.45) is 4.06. The molecule has 0 saturated carbocycles. The molecular formula is C15H21BrN2. The molecule has 0 aliphatic carbocycles. The number of nitrogens with zero attached hydrogens (tertiary/aromatic N) is 2. The van der Waals surface area contributed by atoms with Gasteiger partial charge < -0.3 is 4.90 Å². The number of halogens is 1. The maximum Gasteiger partial charge on any atom is 0.0378 e. The van der Waals surface area contributed by atoms with Crippen LogP contribution in [-0.4, -0.2) is 37.1 Å². The highest BCUT2D eigenvalue weighted by molar-refractivity contribution is 9.10. The second-order valence-electron chi connectivity index (χ2n) is 5.57. The largest absolute Gasteiger partial charge is 0.370 e. The van der Waals surface area contributed by atoms with E-state index in [-0.39, 0.29) is 0 Å². The normalized spacial score (nSPS) is 25.0. The fraction of sp³-hybridized carbons (Fsp3) is 0.600. The van der Waals surface area contributed by atoms with Gasteiger partial charge >= 0.3 is 0 Å². The Balaban J connectivity index is 1.80. The van der Waals surface area contributed by atoms with E-state index in [9.17, 15) is 0 Å². The van der Waals surface area contributed by atoms with Crippen LogP contribution in [0.5, 0.6) is 0 Å². The third-order valence-electron chi connectivity index (χ3n) is 4.32. The number of hydrogen-bond donors (Lipinski definition) is 0. The molecule has 0 bridgehead atoms. The molecule has 98 valence electrons. The van der Waals surface area contributed by atoms with Crippen molar-refractivity contribution in [1.82, 2.24) is 4.90 Å². The number of anilines is 1. The maximum absolute atomic E-state index is 3.65. The molecule has 0 radical (unpaired) electrons. The molecule has 2 saturated heterocycles. The van der Waals surface area contributed by atoms with Crippen LogP contribution in [0.1, 0.15) is 24.8 Å². The Morgan fingerprint density at radius 3 is 2.83 bits per heavy atom. The van der Waals surface area contributed by atoms with Crippen LogP contribution < -0.4 is 4.90 Å². The van der Waals surface area contributed by atoms with Gasteiger partial charge in [0.05, 0.1) is 0 Å². The Morgan fingerprint density at radius 2 is 2.00 bits per heavy atom. The predicted octanol–water partition coefficient (Wildman–Crippen LogP) is 3.43. The Bertz CT molecular complexity index is 433. The van der Waals surface area contributed by atoms with Gasteiger partial charge in [0.1, 0.15) is 0 Å². The highest BCUT2D eigenvalue weighted by atomic mass is 79.9. The average Bonchev–Trinajstić information content (AvgIpc) is 2.70. The second kappa shape index (κ2) is 5.22. The van der Waals surface area contributed by atoms with E-state index >= 15 is 0 Å². The highest BCUT2D eigenvalue weighted by Crippen LogP contribution is 2.28. The zero-order chi connectivity index (χ0) is 12.5. The van der Waals surface area contributed by atoms with Crippen molar-refractivity contribution in [1.29, 1.82) is 0 Å². The first-order valence-corrected chi connectivity index (χ1v) is 7.78. The molecule has 2 aliphatic rings. The van der Waals surface area contributed by atoms with Crippen molar-refractivity contribution < 1.29 is 0 Å². The van der Waals surface area contributed by atoms with Gasteiger partial charge in [0, 0.05) is 35.8 Å². The van der Waals surface area contributed by atoms with Crippen LogP contribution in [0.15, 0.2) is 22.7 Å². The summed E-state index contributed by atoms with van der Waals surface area (Å²) in [6, 6.07) is 7.55.